The van der Waals surface area contributed by atoms with Crippen molar-refractivity contribution in [3.05, 3.63) is 41.2 Å². The average Bonchev–Trinajstić information content (AvgIpc) is 2.43. The van der Waals surface area contributed by atoms with Gasteiger partial charge in [-0.25, -0.2) is 4.98 Å². The number of hydrogen-bond donors (Lipinski definition) is 1. The molecule has 0 radical (unpaired) electrons. The van der Waals surface area contributed by atoms with Crippen molar-refractivity contribution in [1.29, 1.82) is 0 Å². The lowest BCUT2D eigenvalue weighted by Gasteiger charge is -2.06. The molecule has 0 unspecified atom stereocenters. The van der Waals surface area contributed by atoms with Gasteiger partial charge < -0.3 is 5.32 Å². The number of nitrogens with one attached hydrogen (secondary N) is 1. The molecule has 0 aliphatic heterocycles. The largest absolute Gasteiger partial charge is 0.351 e. The van der Waals surface area contributed by atoms with Crippen LogP contribution >= 0.6 is 23.4 Å². The molecule has 0 spiro atoms. The summed E-state index contributed by atoms with van der Waals surface area (Å²) >= 11 is 7.86. The standard InChI is InChI=1S/C14H15ClN2OS/c1-19-8-4-7-16-14(18)12-9-10-5-2-3-6-11(10)13(15)17-12/h2-3,5-6,9H,4,7-8H2,1H3,(H,16,18). The molecule has 0 saturated carbocycles. The number of halogens is 1. The lowest BCUT2D eigenvalue weighted by atomic mass is 10.1. The quantitative estimate of drug-likeness (QED) is 0.679. The van der Waals surface area contributed by atoms with E-state index in [4.69, 9.17) is 11.6 Å². The Hall–Kier alpha value is -1.26. The zero-order valence-corrected chi connectivity index (χ0v) is 12.2. The lowest BCUT2D eigenvalue weighted by Crippen LogP contribution is -2.25. The van der Waals surface area contributed by atoms with Gasteiger partial charge in [0.1, 0.15) is 10.8 Å². The van der Waals surface area contributed by atoms with Gasteiger partial charge in [0.2, 0.25) is 0 Å². The Morgan fingerprint density at radius 1 is 1.42 bits per heavy atom. The van der Waals surface area contributed by atoms with Crippen LogP contribution in [-0.4, -0.2) is 29.4 Å². The third kappa shape index (κ3) is 3.61. The zero-order valence-electron chi connectivity index (χ0n) is 10.6. The van der Waals surface area contributed by atoms with E-state index in [2.05, 4.69) is 10.3 Å². The number of benzene rings is 1. The number of aromatic nitrogens is 1. The molecule has 3 nitrogen and oxygen atoms in total. The number of hydrogen-bond acceptors (Lipinski definition) is 3. The number of rotatable bonds is 5. The van der Waals surface area contributed by atoms with E-state index in [1.165, 1.54) is 0 Å². The summed E-state index contributed by atoms with van der Waals surface area (Å²) in [7, 11) is 0. The van der Waals surface area contributed by atoms with Crippen molar-refractivity contribution in [2.45, 2.75) is 6.42 Å². The van der Waals surface area contributed by atoms with Gasteiger partial charge in [-0.3, -0.25) is 4.79 Å². The van der Waals surface area contributed by atoms with Crippen molar-refractivity contribution in [3.8, 4) is 0 Å². The summed E-state index contributed by atoms with van der Waals surface area (Å²) in [5.74, 6) is 0.861. The SMILES string of the molecule is CSCCCNC(=O)c1cc2ccccc2c(Cl)n1. The smallest absolute Gasteiger partial charge is 0.269 e. The molecular formula is C14H15ClN2OS. The molecule has 1 N–H and O–H groups in total. The molecule has 1 aromatic carbocycles. The second kappa shape index (κ2) is 6.78. The number of pyridine rings is 1. The van der Waals surface area contributed by atoms with Crippen molar-refractivity contribution in [1.82, 2.24) is 10.3 Å². The minimum absolute atomic E-state index is 0.172. The normalized spacial score (nSPS) is 10.6. The Labute approximate surface area is 121 Å². The molecule has 0 aliphatic rings. The second-order valence-corrected chi connectivity index (χ2v) is 5.47. The summed E-state index contributed by atoms with van der Waals surface area (Å²) in [6, 6.07) is 9.40. The van der Waals surface area contributed by atoms with E-state index in [-0.39, 0.29) is 5.91 Å². The van der Waals surface area contributed by atoms with E-state index in [1.807, 2.05) is 30.5 Å². The number of fused-ring (bicyclic) bond motifs is 1. The van der Waals surface area contributed by atoms with Crippen LogP contribution in [0.15, 0.2) is 30.3 Å². The predicted molar refractivity (Wildman–Crippen MR) is 82.1 cm³/mol. The van der Waals surface area contributed by atoms with E-state index in [1.54, 1.807) is 17.8 Å². The lowest BCUT2D eigenvalue weighted by molar-refractivity contribution is 0.0949. The van der Waals surface area contributed by atoms with Crippen molar-refractivity contribution in [2.24, 2.45) is 0 Å². The number of carbonyl (C=O) groups is 1. The monoisotopic (exact) mass is 294 g/mol. The topological polar surface area (TPSA) is 42.0 Å². The summed E-state index contributed by atoms with van der Waals surface area (Å²) in [5.41, 5.74) is 0.368. The van der Waals surface area contributed by atoms with Gasteiger partial charge in [0, 0.05) is 11.9 Å². The molecule has 0 fully saturated rings. The third-order valence-corrected chi connectivity index (χ3v) is 3.72. The molecule has 0 bridgehead atoms. The molecule has 5 heteroatoms. The van der Waals surface area contributed by atoms with Crippen molar-refractivity contribution < 1.29 is 4.79 Å². The highest BCUT2D eigenvalue weighted by molar-refractivity contribution is 7.98. The summed E-state index contributed by atoms with van der Waals surface area (Å²) < 4.78 is 0. The first-order valence-corrected chi connectivity index (χ1v) is 7.82. The van der Waals surface area contributed by atoms with E-state index >= 15 is 0 Å². The van der Waals surface area contributed by atoms with Crippen LogP contribution in [0.25, 0.3) is 10.8 Å². The van der Waals surface area contributed by atoms with Crippen molar-refractivity contribution >= 4 is 40.0 Å². The predicted octanol–water partition coefficient (Wildman–Crippen LogP) is 3.37. The zero-order chi connectivity index (χ0) is 13.7. The Kier molecular flexibility index (Phi) is 5.05. The van der Waals surface area contributed by atoms with Crippen LogP contribution in [0.4, 0.5) is 0 Å². The van der Waals surface area contributed by atoms with Crippen molar-refractivity contribution in [3.63, 3.8) is 0 Å². The maximum absolute atomic E-state index is 12.0. The first-order chi connectivity index (χ1) is 9.22. The number of nitrogens with zero attached hydrogens (tertiary/aromatic N) is 1. The van der Waals surface area contributed by atoms with Crippen LogP contribution < -0.4 is 5.32 Å². The summed E-state index contributed by atoms with van der Waals surface area (Å²) in [6.45, 7) is 0.659. The fourth-order valence-corrected chi connectivity index (χ4v) is 2.48. The van der Waals surface area contributed by atoms with Crippen LogP contribution in [0.2, 0.25) is 5.15 Å². The fraction of sp³-hybridized carbons (Fsp3) is 0.286. The van der Waals surface area contributed by atoms with Gasteiger partial charge in [-0.2, -0.15) is 11.8 Å². The van der Waals surface area contributed by atoms with Crippen LogP contribution in [0.3, 0.4) is 0 Å². The third-order valence-electron chi connectivity index (χ3n) is 2.74. The number of thioether (sulfide) groups is 1. The maximum Gasteiger partial charge on any atom is 0.269 e. The Morgan fingerprint density at radius 2 is 2.21 bits per heavy atom. The van der Waals surface area contributed by atoms with Crippen LogP contribution in [0.1, 0.15) is 16.9 Å². The summed E-state index contributed by atoms with van der Waals surface area (Å²) in [6.07, 6.45) is 3.00. The highest BCUT2D eigenvalue weighted by Crippen LogP contribution is 2.22. The maximum atomic E-state index is 12.0. The molecular weight excluding hydrogens is 280 g/mol. The Bertz CT molecular complexity index is 589. The molecule has 0 atom stereocenters. The first-order valence-electron chi connectivity index (χ1n) is 6.05. The first kappa shape index (κ1) is 14.2. The van der Waals surface area contributed by atoms with Crippen LogP contribution in [0.5, 0.6) is 0 Å². The summed E-state index contributed by atoms with van der Waals surface area (Å²) in [4.78, 5) is 16.1. The van der Waals surface area contributed by atoms with Gasteiger partial charge in [0.25, 0.3) is 5.91 Å². The van der Waals surface area contributed by atoms with Gasteiger partial charge in [-0.15, -0.1) is 0 Å². The van der Waals surface area contributed by atoms with Gasteiger partial charge in [0.15, 0.2) is 0 Å². The van der Waals surface area contributed by atoms with Crippen molar-refractivity contribution in [2.75, 3.05) is 18.6 Å². The summed E-state index contributed by atoms with van der Waals surface area (Å²) in [5, 5.41) is 5.01. The molecule has 100 valence electrons. The molecule has 2 rings (SSSR count). The van der Waals surface area contributed by atoms with Gasteiger partial charge in [-0.1, -0.05) is 35.9 Å². The van der Waals surface area contributed by atoms with Gasteiger partial charge in [0.05, 0.1) is 0 Å². The highest BCUT2D eigenvalue weighted by Gasteiger charge is 2.10. The van der Waals surface area contributed by atoms with Gasteiger partial charge in [-0.05, 0) is 29.9 Å². The highest BCUT2D eigenvalue weighted by atomic mass is 35.5. The van der Waals surface area contributed by atoms with E-state index in [0.717, 1.165) is 22.9 Å². The molecule has 0 saturated heterocycles. The van der Waals surface area contributed by atoms with Gasteiger partial charge >= 0.3 is 0 Å². The molecule has 0 aliphatic carbocycles. The molecule has 1 heterocycles. The Balaban J connectivity index is 2.14. The second-order valence-electron chi connectivity index (χ2n) is 4.12. The van der Waals surface area contributed by atoms with E-state index < -0.39 is 0 Å². The van der Waals surface area contributed by atoms with E-state index in [9.17, 15) is 4.79 Å². The van der Waals surface area contributed by atoms with Crippen LogP contribution in [-0.2, 0) is 0 Å². The average molecular weight is 295 g/mol. The fourth-order valence-electron chi connectivity index (χ4n) is 1.78. The number of amides is 1. The minimum atomic E-state index is -0.172. The molecule has 19 heavy (non-hydrogen) atoms. The Morgan fingerprint density at radius 3 is 3.00 bits per heavy atom. The molecule has 1 amide bonds. The minimum Gasteiger partial charge on any atom is -0.351 e. The number of carbonyl (C=O) groups excluding carboxylic acids is 1. The van der Waals surface area contributed by atoms with Crippen LogP contribution in [0, 0.1) is 0 Å². The van der Waals surface area contributed by atoms with E-state index in [0.29, 0.717) is 17.4 Å². The molecule has 2 aromatic rings. The molecule has 1 aromatic heterocycles.